The van der Waals surface area contributed by atoms with Crippen molar-refractivity contribution in [3.8, 4) is 0 Å². The second-order valence-corrected chi connectivity index (χ2v) is 7.61. The fourth-order valence-electron chi connectivity index (χ4n) is 2.72. The van der Waals surface area contributed by atoms with Crippen molar-refractivity contribution in [1.82, 2.24) is 14.9 Å². The molecule has 1 aromatic heterocycles. The van der Waals surface area contributed by atoms with Gasteiger partial charge in [0.2, 0.25) is 0 Å². The van der Waals surface area contributed by atoms with Crippen LogP contribution in [-0.4, -0.2) is 29.8 Å². The van der Waals surface area contributed by atoms with Gasteiger partial charge in [-0.25, -0.2) is 13.1 Å². The Labute approximate surface area is 113 Å². The number of aliphatic hydroxyl groups excluding tert-OH is 1. The smallest absolute Gasteiger partial charge is 0.258 e. The molecule has 1 aromatic rings. The lowest BCUT2D eigenvalue weighted by atomic mass is 9.75. The zero-order valence-corrected chi connectivity index (χ0v) is 12.1. The van der Waals surface area contributed by atoms with Gasteiger partial charge >= 0.3 is 0 Å². The van der Waals surface area contributed by atoms with Crippen LogP contribution in [0.5, 0.6) is 0 Å². The number of hydrogen-bond donors (Lipinski definition) is 3. The molecule has 1 saturated carbocycles. The van der Waals surface area contributed by atoms with Crippen LogP contribution in [-0.2, 0) is 16.6 Å². The summed E-state index contributed by atoms with van der Waals surface area (Å²) < 4.78 is 27.2. The van der Waals surface area contributed by atoms with E-state index in [-0.39, 0.29) is 23.1 Å². The Bertz CT molecular complexity index is 536. The number of aromatic amines is 1. The number of sulfonamides is 1. The number of aromatic nitrogens is 2. The van der Waals surface area contributed by atoms with Crippen LogP contribution in [0.1, 0.15) is 45.1 Å². The van der Waals surface area contributed by atoms with Gasteiger partial charge in [-0.05, 0) is 24.7 Å². The Hall–Kier alpha value is -0.920. The molecule has 0 saturated heterocycles. The quantitative estimate of drug-likeness (QED) is 0.774. The average molecular weight is 287 g/mol. The van der Waals surface area contributed by atoms with Crippen molar-refractivity contribution < 1.29 is 13.5 Å². The summed E-state index contributed by atoms with van der Waals surface area (Å²) in [4.78, 5) is 0. The van der Waals surface area contributed by atoms with Crippen LogP contribution < -0.4 is 4.72 Å². The Morgan fingerprint density at radius 2 is 2.32 bits per heavy atom. The summed E-state index contributed by atoms with van der Waals surface area (Å²) in [5.74, 6) is 0. The van der Waals surface area contributed by atoms with E-state index in [1.807, 2.05) is 0 Å². The van der Waals surface area contributed by atoms with Gasteiger partial charge in [0.25, 0.3) is 10.0 Å². The number of nitrogens with one attached hydrogen (secondary N) is 2. The molecule has 0 radical (unpaired) electrons. The normalized spacial score (nSPS) is 23.4. The van der Waals surface area contributed by atoms with Crippen molar-refractivity contribution >= 4 is 10.0 Å². The largest absolute Gasteiger partial charge is 0.392 e. The fourth-order valence-corrected chi connectivity index (χ4v) is 4.11. The Kier molecular flexibility index (Phi) is 3.98. The van der Waals surface area contributed by atoms with Gasteiger partial charge in [0.1, 0.15) is 0 Å². The molecule has 108 valence electrons. The lowest BCUT2D eigenvalue weighted by molar-refractivity contribution is 0.212. The molecule has 19 heavy (non-hydrogen) atoms. The van der Waals surface area contributed by atoms with Crippen molar-refractivity contribution in [2.45, 2.75) is 57.2 Å². The van der Waals surface area contributed by atoms with Gasteiger partial charge in [-0.15, -0.1) is 0 Å². The van der Waals surface area contributed by atoms with Gasteiger partial charge in [0, 0.05) is 11.6 Å². The molecule has 3 N–H and O–H groups in total. The highest BCUT2D eigenvalue weighted by Gasteiger charge is 2.32. The van der Waals surface area contributed by atoms with E-state index >= 15 is 0 Å². The monoisotopic (exact) mass is 287 g/mol. The maximum atomic E-state index is 12.3. The van der Waals surface area contributed by atoms with Gasteiger partial charge < -0.3 is 5.11 Å². The minimum absolute atomic E-state index is 0.0293. The molecule has 0 aliphatic heterocycles. The molecule has 1 aliphatic carbocycles. The molecule has 2 rings (SSSR count). The Morgan fingerprint density at radius 3 is 2.95 bits per heavy atom. The number of rotatable bonds is 4. The molecule has 1 unspecified atom stereocenters. The summed E-state index contributed by atoms with van der Waals surface area (Å²) in [6, 6.07) is -0.0522. The molecule has 1 aliphatic rings. The molecule has 7 heteroatoms. The lowest BCUT2D eigenvalue weighted by Gasteiger charge is -2.35. The first-order valence-electron chi connectivity index (χ1n) is 6.49. The summed E-state index contributed by atoms with van der Waals surface area (Å²) in [5, 5.41) is 15.2. The predicted octanol–water partition coefficient (Wildman–Crippen LogP) is 1.15. The van der Waals surface area contributed by atoms with Crippen LogP contribution in [0.3, 0.4) is 0 Å². The Balaban J connectivity index is 2.14. The third-order valence-electron chi connectivity index (χ3n) is 3.64. The summed E-state index contributed by atoms with van der Waals surface area (Å²) in [5.41, 5.74) is 0.460. The fraction of sp³-hybridized carbons (Fsp3) is 0.750. The third-order valence-corrected chi connectivity index (χ3v) is 5.18. The van der Waals surface area contributed by atoms with Gasteiger partial charge in [-0.2, -0.15) is 5.10 Å². The summed E-state index contributed by atoms with van der Waals surface area (Å²) in [7, 11) is -3.64. The minimum atomic E-state index is -3.64. The highest BCUT2D eigenvalue weighted by Crippen LogP contribution is 2.35. The van der Waals surface area contributed by atoms with Crippen LogP contribution in [0.2, 0.25) is 0 Å². The van der Waals surface area contributed by atoms with Crippen molar-refractivity contribution in [2.24, 2.45) is 5.41 Å². The topological polar surface area (TPSA) is 95.1 Å². The lowest BCUT2D eigenvalue weighted by Crippen LogP contribution is -2.41. The van der Waals surface area contributed by atoms with E-state index in [1.54, 1.807) is 0 Å². The summed E-state index contributed by atoms with van der Waals surface area (Å²) in [6.45, 7) is 3.97. The van der Waals surface area contributed by atoms with Crippen LogP contribution in [0.15, 0.2) is 11.2 Å². The number of aliphatic hydroxyl groups is 1. The molecule has 0 spiro atoms. The Morgan fingerprint density at radius 1 is 1.58 bits per heavy atom. The number of nitrogens with zero attached hydrogens (tertiary/aromatic N) is 1. The van der Waals surface area contributed by atoms with Gasteiger partial charge in [-0.3, -0.25) is 5.10 Å². The second kappa shape index (κ2) is 5.22. The molecule has 0 bridgehead atoms. The molecule has 6 nitrogen and oxygen atoms in total. The zero-order chi connectivity index (χ0) is 14.1. The SMILES string of the molecule is CC1(C)CCCC(NS(=O)(=O)c2[nH]ncc2CO)C1. The molecule has 1 atom stereocenters. The van der Waals surface area contributed by atoms with Crippen LogP contribution in [0.4, 0.5) is 0 Å². The first-order chi connectivity index (χ1) is 8.84. The average Bonchev–Trinajstić information content (AvgIpc) is 2.75. The molecular weight excluding hydrogens is 266 g/mol. The minimum Gasteiger partial charge on any atom is -0.392 e. The van der Waals surface area contributed by atoms with Crippen LogP contribution in [0.25, 0.3) is 0 Å². The highest BCUT2D eigenvalue weighted by atomic mass is 32.2. The van der Waals surface area contributed by atoms with E-state index in [9.17, 15) is 8.42 Å². The van der Waals surface area contributed by atoms with E-state index in [4.69, 9.17) is 5.11 Å². The van der Waals surface area contributed by atoms with Crippen molar-refractivity contribution in [2.75, 3.05) is 0 Å². The number of H-pyrrole nitrogens is 1. The standard InChI is InChI=1S/C12H21N3O3S/c1-12(2)5-3-4-10(6-12)15-19(17,18)11-9(8-16)7-13-14-11/h7,10,15-16H,3-6,8H2,1-2H3,(H,13,14). The molecular formula is C12H21N3O3S. The maximum absolute atomic E-state index is 12.3. The molecule has 0 amide bonds. The van der Waals surface area contributed by atoms with Crippen molar-refractivity contribution in [3.05, 3.63) is 11.8 Å². The van der Waals surface area contributed by atoms with Crippen LogP contribution in [0, 0.1) is 5.41 Å². The van der Waals surface area contributed by atoms with Crippen molar-refractivity contribution in [1.29, 1.82) is 0 Å². The van der Waals surface area contributed by atoms with Gasteiger partial charge in [-0.1, -0.05) is 20.3 Å². The predicted molar refractivity (Wildman–Crippen MR) is 70.9 cm³/mol. The van der Waals surface area contributed by atoms with Crippen molar-refractivity contribution in [3.63, 3.8) is 0 Å². The van der Waals surface area contributed by atoms with Gasteiger partial charge in [0.05, 0.1) is 12.8 Å². The molecule has 0 aromatic carbocycles. The van der Waals surface area contributed by atoms with E-state index in [1.165, 1.54) is 6.20 Å². The van der Waals surface area contributed by atoms with Crippen LogP contribution >= 0.6 is 0 Å². The van der Waals surface area contributed by atoms with E-state index in [0.29, 0.717) is 5.56 Å². The molecule has 1 fully saturated rings. The summed E-state index contributed by atoms with van der Waals surface area (Å²) in [6.07, 6.45) is 5.16. The van der Waals surface area contributed by atoms with E-state index in [2.05, 4.69) is 28.8 Å². The number of hydrogen-bond acceptors (Lipinski definition) is 4. The maximum Gasteiger partial charge on any atom is 0.258 e. The summed E-state index contributed by atoms with van der Waals surface area (Å²) >= 11 is 0. The first kappa shape index (κ1) is 14.5. The molecule has 1 heterocycles. The second-order valence-electron chi connectivity index (χ2n) is 5.96. The first-order valence-corrected chi connectivity index (χ1v) is 7.98. The third kappa shape index (κ3) is 3.34. The van der Waals surface area contributed by atoms with E-state index < -0.39 is 10.0 Å². The highest BCUT2D eigenvalue weighted by molar-refractivity contribution is 7.89. The van der Waals surface area contributed by atoms with E-state index in [0.717, 1.165) is 25.7 Å². The van der Waals surface area contributed by atoms with Gasteiger partial charge in [0.15, 0.2) is 5.03 Å². The zero-order valence-electron chi connectivity index (χ0n) is 11.3.